The van der Waals surface area contributed by atoms with Crippen molar-refractivity contribution in [3.05, 3.63) is 48.1 Å². The molecule has 2 aliphatic rings. The van der Waals surface area contributed by atoms with Crippen LogP contribution >= 0.6 is 0 Å². The van der Waals surface area contributed by atoms with Gasteiger partial charge in [-0.3, -0.25) is 9.59 Å². The highest BCUT2D eigenvalue weighted by molar-refractivity contribution is 5.95. The minimum Gasteiger partial charge on any atom is -0.489 e. The Hall–Kier alpha value is -3.87. The molecule has 34 heavy (non-hydrogen) atoms. The van der Waals surface area contributed by atoms with Crippen LogP contribution in [-0.4, -0.2) is 83.3 Å². The second kappa shape index (κ2) is 9.55. The van der Waals surface area contributed by atoms with Gasteiger partial charge in [-0.15, -0.1) is 15.3 Å². The molecule has 0 saturated carbocycles. The van der Waals surface area contributed by atoms with Crippen molar-refractivity contribution in [1.29, 1.82) is 0 Å². The van der Waals surface area contributed by atoms with E-state index < -0.39 is 12.1 Å². The lowest BCUT2D eigenvalue weighted by molar-refractivity contribution is -0.130. The van der Waals surface area contributed by atoms with Crippen molar-refractivity contribution in [2.24, 2.45) is 7.05 Å². The van der Waals surface area contributed by atoms with Crippen LogP contribution < -0.4 is 10.1 Å². The van der Waals surface area contributed by atoms with Crippen LogP contribution in [0.25, 0.3) is 0 Å². The first-order valence-corrected chi connectivity index (χ1v) is 11.1. The van der Waals surface area contributed by atoms with Crippen LogP contribution in [0.3, 0.4) is 0 Å². The fourth-order valence-corrected chi connectivity index (χ4v) is 4.07. The first-order chi connectivity index (χ1) is 16.6. The zero-order valence-corrected chi connectivity index (χ0v) is 18.7. The monoisotopic (exact) mass is 467 g/mol. The van der Waals surface area contributed by atoms with Gasteiger partial charge >= 0.3 is 0 Å². The maximum Gasteiger partial charge on any atom is 0.274 e. The van der Waals surface area contributed by atoms with Crippen LogP contribution in [0.15, 0.2) is 30.9 Å². The van der Waals surface area contributed by atoms with Gasteiger partial charge in [0.15, 0.2) is 11.4 Å². The molecule has 5 heterocycles. The van der Waals surface area contributed by atoms with Gasteiger partial charge < -0.3 is 24.3 Å². The molecule has 0 aliphatic carbocycles. The van der Waals surface area contributed by atoms with E-state index in [1.165, 1.54) is 0 Å². The van der Waals surface area contributed by atoms with Crippen molar-refractivity contribution in [1.82, 2.24) is 45.0 Å². The van der Waals surface area contributed by atoms with E-state index in [1.54, 1.807) is 45.0 Å². The summed E-state index contributed by atoms with van der Waals surface area (Å²) in [5.41, 5.74) is 0.848. The Morgan fingerprint density at radius 1 is 1.29 bits per heavy atom. The van der Waals surface area contributed by atoms with Gasteiger partial charge in [0.25, 0.3) is 5.91 Å². The molecule has 0 unspecified atom stereocenters. The van der Waals surface area contributed by atoms with E-state index in [9.17, 15) is 9.59 Å². The zero-order chi connectivity index (χ0) is 23.5. The first-order valence-electron chi connectivity index (χ1n) is 11.1. The molecule has 2 aliphatic heterocycles. The molecular formula is C21H25N9O4. The average Bonchev–Trinajstić information content (AvgIpc) is 3.56. The summed E-state index contributed by atoms with van der Waals surface area (Å²) >= 11 is 0. The van der Waals surface area contributed by atoms with Gasteiger partial charge in [-0.05, 0) is 12.1 Å². The van der Waals surface area contributed by atoms with Crippen LogP contribution in [0, 0.1) is 0 Å². The number of aryl methyl sites for hydroxylation is 2. The minimum absolute atomic E-state index is 0.0425. The summed E-state index contributed by atoms with van der Waals surface area (Å²) in [6, 6.07) is 2.99. The van der Waals surface area contributed by atoms with Crippen molar-refractivity contribution in [2.75, 3.05) is 19.7 Å². The summed E-state index contributed by atoms with van der Waals surface area (Å²) in [6.07, 6.45) is 5.29. The number of rotatable bonds is 3. The van der Waals surface area contributed by atoms with E-state index >= 15 is 0 Å². The van der Waals surface area contributed by atoms with Gasteiger partial charge in [-0.2, -0.15) is 0 Å². The molecule has 0 aromatic carbocycles. The molecule has 178 valence electrons. The highest BCUT2D eigenvalue weighted by Crippen LogP contribution is 2.20. The Morgan fingerprint density at radius 3 is 3.06 bits per heavy atom. The standard InChI is InChI=1S/C21H25N9O4/c1-28-13-23-26-18(28)4-5-19(31)29-10-15-17(11-29)34-12-14-9-30(27-25-14)7-8-33-16-3-2-6-22-20(16)21(32)24-15/h2-3,6,9,13,15,17H,4-5,7-8,10-12H2,1H3,(H,24,32)/t15-,17-/m0/s1. The van der Waals surface area contributed by atoms with Crippen molar-refractivity contribution < 1.29 is 19.1 Å². The van der Waals surface area contributed by atoms with Gasteiger partial charge in [0, 0.05) is 39.2 Å². The first kappa shape index (κ1) is 21.9. The van der Waals surface area contributed by atoms with Gasteiger partial charge in [0.2, 0.25) is 5.91 Å². The number of fused-ring (bicyclic) bond motifs is 4. The lowest BCUT2D eigenvalue weighted by Gasteiger charge is -2.20. The smallest absolute Gasteiger partial charge is 0.274 e. The number of aromatic nitrogens is 7. The number of carbonyl (C=O) groups excluding carboxylic acids is 2. The summed E-state index contributed by atoms with van der Waals surface area (Å²) in [4.78, 5) is 31.9. The number of amides is 2. The summed E-state index contributed by atoms with van der Waals surface area (Å²) in [5, 5.41) is 19.1. The summed E-state index contributed by atoms with van der Waals surface area (Å²) in [6.45, 7) is 1.65. The largest absolute Gasteiger partial charge is 0.489 e. The van der Waals surface area contributed by atoms with E-state index in [4.69, 9.17) is 9.47 Å². The van der Waals surface area contributed by atoms with Gasteiger partial charge in [-0.1, -0.05) is 5.21 Å². The molecular weight excluding hydrogens is 442 g/mol. The molecule has 2 amide bonds. The summed E-state index contributed by atoms with van der Waals surface area (Å²) < 4.78 is 15.3. The second-order valence-electron chi connectivity index (χ2n) is 8.26. The number of pyridine rings is 1. The number of ether oxygens (including phenoxy) is 2. The van der Waals surface area contributed by atoms with Crippen LogP contribution in [0.1, 0.15) is 28.4 Å². The molecule has 1 fully saturated rings. The number of likely N-dealkylation sites (tertiary alicyclic amines) is 1. The number of hydrogen-bond acceptors (Lipinski definition) is 9. The Morgan fingerprint density at radius 2 is 2.21 bits per heavy atom. The second-order valence-corrected chi connectivity index (χ2v) is 8.26. The molecule has 2 bridgehead atoms. The van der Waals surface area contributed by atoms with Gasteiger partial charge in [0.05, 0.1) is 31.5 Å². The van der Waals surface area contributed by atoms with Crippen molar-refractivity contribution in [3.63, 3.8) is 0 Å². The van der Waals surface area contributed by atoms with Crippen LogP contribution in [0.4, 0.5) is 0 Å². The van der Waals surface area contributed by atoms with E-state index in [-0.39, 0.29) is 30.5 Å². The molecule has 3 aromatic heterocycles. The normalized spacial score (nSPS) is 20.6. The van der Waals surface area contributed by atoms with E-state index in [0.717, 1.165) is 5.82 Å². The highest BCUT2D eigenvalue weighted by Gasteiger charge is 2.37. The third kappa shape index (κ3) is 4.73. The van der Waals surface area contributed by atoms with Crippen molar-refractivity contribution in [3.8, 4) is 5.75 Å². The Bertz CT molecular complexity index is 1180. The summed E-state index contributed by atoms with van der Waals surface area (Å²) in [7, 11) is 1.84. The third-order valence-electron chi connectivity index (χ3n) is 5.90. The van der Waals surface area contributed by atoms with Crippen LogP contribution in [0.2, 0.25) is 0 Å². The lowest BCUT2D eigenvalue weighted by Crippen LogP contribution is -2.44. The quantitative estimate of drug-likeness (QED) is 0.532. The molecule has 5 rings (SSSR count). The third-order valence-corrected chi connectivity index (χ3v) is 5.90. The lowest BCUT2D eigenvalue weighted by atomic mass is 10.2. The molecule has 0 spiro atoms. The Labute approximate surface area is 195 Å². The number of nitrogens with zero attached hydrogens (tertiary/aromatic N) is 8. The molecule has 13 nitrogen and oxygen atoms in total. The molecule has 3 aromatic rings. The Balaban J connectivity index is 1.33. The van der Waals surface area contributed by atoms with Crippen LogP contribution in [-0.2, 0) is 36.2 Å². The molecule has 1 saturated heterocycles. The van der Waals surface area contributed by atoms with Gasteiger partial charge in [-0.25, -0.2) is 9.67 Å². The zero-order valence-electron chi connectivity index (χ0n) is 18.7. The average molecular weight is 467 g/mol. The molecule has 1 N–H and O–H groups in total. The van der Waals surface area contributed by atoms with Gasteiger partial charge in [0.1, 0.15) is 24.5 Å². The predicted octanol–water partition coefficient (Wildman–Crippen LogP) is -0.647. The SMILES string of the molecule is Cn1cnnc1CCC(=O)N1C[C@@H]2NC(=O)c3ncccc3OCCn3cc(nn3)CO[C@H]2C1. The van der Waals surface area contributed by atoms with E-state index in [2.05, 4.69) is 30.8 Å². The fraction of sp³-hybridized carbons (Fsp3) is 0.476. The number of carbonyl (C=O) groups is 2. The maximum absolute atomic E-state index is 13.1. The van der Waals surface area contributed by atoms with Crippen LogP contribution in [0.5, 0.6) is 5.75 Å². The van der Waals surface area contributed by atoms with E-state index in [0.29, 0.717) is 44.1 Å². The van der Waals surface area contributed by atoms with Crippen molar-refractivity contribution >= 4 is 11.8 Å². The van der Waals surface area contributed by atoms with Crippen molar-refractivity contribution in [2.45, 2.75) is 38.1 Å². The number of nitrogens with one attached hydrogen (secondary N) is 1. The summed E-state index contributed by atoms with van der Waals surface area (Å²) in [5.74, 6) is 0.696. The maximum atomic E-state index is 13.1. The fourth-order valence-electron chi connectivity index (χ4n) is 4.07. The molecule has 2 atom stereocenters. The molecule has 13 heteroatoms. The topological polar surface area (TPSA) is 142 Å². The highest BCUT2D eigenvalue weighted by atomic mass is 16.5. The minimum atomic E-state index is -0.417. The predicted molar refractivity (Wildman–Crippen MR) is 115 cm³/mol. The number of hydrogen-bond donors (Lipinski definition) is 1. The Kier molecular flexibility index (Phi) is 6.16. The molecule has 0 radical (unpaired) electrons. The van der Waals surface area contributed by atoms with E-state index in [1.807, 2.05) is 7.05 Å².